The monoisotopic (exact) mass is 424 g/mol. The van der Waals surface area contributed by atoms with Crippen molar-refractivity contribution in [1.29, 1.82) is 0 Å². The molecule has 0 saturated heterocycles. The third-order valence-corrected chi connectivity index (χ3v) is 6.33. The first kappa shape index (κ1) is 20.1. The number of phenols is 1. The standard InChI is InChI=1S/C23H21FN2O3S/c24-14-10-12-15(13-11-14)25-22(29)20-17-7-2-1-3-9-19(17)30-23(20)26-21(28)16-6-4-5-8-18(16)27/h4-6,8,10-13,27H,1-3,7,9H2,(H,25,29)(H,26,28). The number of rotatable bonds is 4. The van der Waals surface area contributed by atoms with Crippen molar-refractivity contribution in [3.05, 3.63) is 75.9 Å². The second-order valence-electron chi connectivity index (χ2n) is 7.20. The first-order valence-corrected chi connectivity index (χ1v) is 10.7. The fraction of sp³-hybridized carbons (Fsp3) is 0.217. The number of carbonyl (C=O) groups is 2. The number of amides is 2. The third kappa shape index (κ3) is 4.21. The summed E-state index contributed by atoms with van der Waals surface area (Å²) >= 11 is 1.41. The van der Waals surface area contributed by atoms with E-state index in [9.17, 15) is 19.1 Å². The molecule has 3 aromatic rings. The Morgan fingerprint density at radius 2 is 1.63 bits per heavy atom. The third-order valence-electron chi connectivity index (χ3n) is 5.13. The lowest BCUT2D eigenvalue weighted by Gasteiger charge is -2.11. The van der Waals surface area contributed by atoms with Gasteiger partial charge in [0.2, 0.25) is 0 Å². The lowest BCUT2D eigenvalue weighted by atomic mass is 10.0. The smallest absolute Gasteiger partial charge is 0.260 e. The number of aryl methyl sites for hydroxylation is 1. The number of halogens is 1. The molecule has 2 amide bonds. The molecule has 0 saturated carbocycles. The average Bonchev–Trinajstić information content (AvgIpc) is 2.90. The van der Waals surface area contributed by atoms with E-state index in [1.54, 1.807) is 12.1 Å². The van der Waals surface area contributed by atoms with Crippen LogP contribution in [-0.2, 0) is 12.8 Å². The van der Waals surface area contributed by atoms with Crippen LogP contribution in [0.1, 0.15) is 50.4 Å². The van der Waals surface area contributed by atoms with E-state index in [2.05, 4.69) is 10.6 Å². The van der Waals surface area contributed by atoms with Gasteiger partial charge in [-0.1, -0.05) is 18.6 Å². The molecule has 1 aliphatic rings. The highest BCUT2D eigenvalue weighted by atomic mass is 32.1. The number of thiophene rings is 1. The molecule has 30 heavy (non-hydrogen) atoms. The van der Waals surface area contributed by atoms with E-state index in [1.807, 2.05) is 0 Å². The lowest BCUT2D eigenvalue weighted by molar-refractivity contribution is 0.102. The first-order valence-electron chi connectivity index (χ1n) is 9.83. The van der Waals surface area contributed by atoms with Crippen molar-refractivity contribution in [3.63, 3.8) is 0 Å². The molecule has 0 fully saturated rings. The topological polar surface area (TPSA) is 78.4 Å². The Bertz CT molecular complexity index is 1090. The van der Waals surface area contributed by atoms with Crippen molar-refractivity contribution >= 4 is 33.8 Å². The molecule has 4 rings (SSSR count). The fourth-order valence-electron chi connectivity index (χ4n) is 3.63. The number of benzene rings is 2. The number of phenolic OH excluding ortho intramolecular Hbond substituents is 1. The van der Waals surface area contributed by atoms with Crippen molar-refractivity contribution < 1.29 is 19.1 Å². The quantitative estimate of drug-likeness (QED) is 0.493. The number of para-hydroxylation sites is 1. The molecule has 0 bridgehead atoms. The summed E-state index contributed by atoms with van der Waals surface area (Å²) in [4.78, 5) is 27.0. The zero-order valence-electron chi connectivity index (χ0n) is 16.2. The van der Waals surface area contributed by atoms with Crippen molar-refractivity contribution in [2.24, 2.45) is 0 Å². The molecule has 1 aliphatic carbocycles. The van der Waals surface area contributed by atoms with Crippen LogP contribution in [0, 0.1) is 5.82 Å². The number of hydrogen-bond acceptors (Lipinski definition) is 4. The Morgan fingerprint density at radius 3 is 2.40 bits per heavy atom. The molecule has 154 valence electrons. The number of aromatic hydroxyl groups is 1. The normalized spacial score (nSPS) is 13.2. The van der Waals surface area contributed by atoms with Crippen LogP contribution in [-0.4, -0.2) is 16.9 Å². The molecular formula is C23H21FN2O3S. The molecule has 1 heterocycles. The minimum atomic E-state index is -0.472. The minimum absolute atomic E-state index is 0.120. The van der Waals surface area contributed by atoms with Crippen LogP contribution in [0.5, 0.6) is 5.75 Å². The predicted octanol–water partition coefficient (Wildman–Crippen LogP) is 5.37. The number of carbonyl (C=O) groups excluding carboxylic acids is 2. The number of anilines is 2. The Morgan fingerprint density at radius 1 is 0.900 bits per heavy atom. The first-order chi connectivity index (χ1) is 14.5. The SMILES string of the molecule is O=C(Nc1sc2c(c1C(=O)Nc1ccc(F)cc1)CCCCC2)c1ccccc1O. The van der Waals surface area contributed by atoms with Gasteiger partial charge in [-0.3, -0.25) is 9.59 Å². The van der Waals surface area contributed by atoms with Gasteiger partial charge in [0.25, 0.3) is 11.8 Å². The van der Waals surface area contributed by atoms with E-state index in [0.29, 0.717) is 16.3 Å². The van der Waals surface area contributed by atoms with Crippen LogP contribution in [0.4, 0.5) is 15.1 Å². The molecular weight excluding hydrogens is 403 g/mol. The number of hydrogen-bond donors (Lipinski definition) is 3. The molecule has 0 unspecified atom stereocenters. The summed E-state index contributed by atoms with van der Waals surface area (Å²) in [5.41, 5.74) is 2.04. The highest BCUT2D eigenvalue weighted by molar-refractivity contribution is 7.17. The molecule has 7 heteroatoms. The maximum atomic E-state index is 13.2. The van der Waals surface area contributed by atoms with Crippen LogP contribution in [0.25, 0.3) is 0 Å². The lowest BCUT2D eigenvalue weighted by Crippen LogP contribution is -2.18. The van der Waals surface area contributed by atoms with Gasteiger partial charge in [0.05, 0.1) is 11.1 Å². The van der Waals surface area contributed by atoms with Gasteiger partial charge in [-0.05, 0) is 67.6 Å². The van der Waals surface area contributed by atoms with Crippen molar-refractivity contribution in [3.8, 4) is 5.75 Å². The van der Waals surface area contributed by atoms with E-state index < -0.39 is 5.91 Å². The molecule has 0 radical (unpaired) electrons. The molecule has 2 aromatic carbocycles. The van der Waals surface area contributed by atoms with Crippen LogP contribution < -0.4 is 10.6 Å². The van der Waals surface area contributed by atoms with Gasteiger partial charge in [0.1, 0.15) is 16.6 Å². The van der Waals surface area contributed by atoms with Crippen molar-refractivity contribution in [2.75, 3.05) is 10.6 Å². The largest absolute Gasteiger partial charge is 0.507 e. The minimum Gasteiger partial charge on any atom is -0.507 e. The zero-order valence-corrected chi connectivity index (χ0v) is 17.0. The molecule has 0 aliphatic heterocycles. The molecule has 1 aromatic heterocycles. The van der Waals surface area contributed by atoms with Crippen LogP contribution in [0.2, 0.25) is 0 Å². The van der Waals surface area contributed by atoms with E-state index in [4.69, 9.17) is 0 Å². The predicted molar refractivity (Wildman–Crippen MR) is 116 cm³/mol. The van der Waals surface area contributed by atoms with E-state index in [1.165, 1.54) is 47.7 Å². The maximum absolute atomic E-state index is 13.2. The summed E-state index contributed by atoms with van der Waals surface area (Å²) in [7, 11) is 0. The fourth-order valence-corrected chi connectivity index (χ4v) is 4.92. The van der Waals surface area contributed by atoms with Crippen LogP contribution >= 0.6 is 11.3 Å². The van der Waals surface area contributed by atoms with Gasteiger partial charge in [0.15, 0.2) is 0 Å². The number of nitrogens with one attached hydrogen (secondary N) is 2. The second kappa shape index (κ2) is 8.67. The second-order valence-corrected chi connectivity index (χ2v) is 8.31. The van der Waals surface area contributed by atoms with Crippen LogP contribution in [0.15, 0.2) is 48.5 Å². The van der Waals surface area contributed by atoms with Gasteiger partial charge < -0.3 is 15.7 Å². The summed E-state index contributed by atoms with van der Waals surface area (Å²) < 4.78 is 13.2. The van der Waals surface area contributed by atoms with Gasteiger partial charge in [-0.25, -0.2) is 4.39 Å². The van der Waals surface area contributed by atoms with Gasteiger partial charge >= 0.3 is 0 Å². The highest BCUT2D eigenvalue weighted by Gasteiger charge is 2.26. The zero-order chi connectivity index (χ0) is 21.1. The average molecular weight is 424 g/mol. The molecule has 0 spiro atoms. The highest BCUT2D eigenvalue weighted by Crippen LogP contribution is 2.38. The summed E-state index contributed by atoms with van der Waals surface area (Å²) in [5.74, 6) is -1.31. The van der Waals surface area contributed by atoms with Crippen molar-refractivity contribution in [2.45, 2.75) is 32.1 Å². The summed E-state index contributed by atoms with van der Waals surface area (Å²) in [6.45, 7) is 0. The Kier molecular flexibility index (Phi) is 5.81. The Balaban J connectivity index is 1.67. The summed E-state index contributed by atoms with van der Waals surface area (Å²) in [5, 5.41) is 16.1. The summed E-state index contributed by atoms with van der Waals surface area (Å²) in [6.07, 6.45) is 4.75. The van der Waals surface area contributed by atoms with E-state index in [-0.39, 0.29) is 23.0 Å². The van der Waals surface area contributed by atoms with Gasteiger partial charge in [0, 0.05) is 10.6 Å². The Hall–Kier alpha value is -3.19. The van der Waals surface area contributed by atoms with Crippen molar-refractivity contribution in [1.82, 2.24) is 0 Å². The van der Waals surface area contributed by atoms with E-state index >= 15 is 0 Å². The van der Waals surface area contributed by atoms with Gasteiger partial charge in [-0.2, -0.15) is 0 Å². The van der Waals surface area contributed by atoms with E-state index in [0.717, 1.165) is 42.5 Å². The maximum Gasteiger partial charge on any atom is 0.260 e. The molecule has 3 N–H and O–H groups in total. The number of fused-ring (bicyclic) bond motifs is 1. The summed E-state index contributed by atoms with van der Waals surface area (Å²) in [6, 6.07) is 11.8. The van der Waals surface area contributed by atoms with Gasteiger partial charge in [-0.15, -0.1) is 11.3 Å². The Labute approximate surface area is 177 Å². The molecule has 5 nitrogen and oxygen atoms in total. The molecule has 0 atom stereocenters. The van der Waals surface area contributed by atoms with Crippen LogP contribution in [0.3, 0.4) is 0 Å².